The van der Waals surface area contributed by atoms with Crippen molar-refractivity contribution < 1.29 is 15.3 Å². The molecule has 1 atom stereocenters. The Morgan fingerprint density at radius 3 is 2.05 bits per heavy atom. The van der Waals surface area contributed by atoms with Crippen molar-refractivity contribution in [3.8, 4) is 11.1 Å². The van der Waals surface area contributed by atoms with E-state index in [1.807, 2.05) is 26.0 Å². The van der Waals surface area contributed by atoms with Gasteiger partial charge in [0.25, 0.3) is 0 Å². The molecule has 0 radical (unpaired) electrons. The molecule has 22 heavy (non-hydrogen) atoms. The molecule has 3 N–H and O–H groups in total. The lowest BCUT2D eigenvalue weighted by atomic mass is 9.98. The van der Waals surface area contributed by atoms with Crippen LogP contribution in [0.1, 0.15) is 30.9 Å². The number of esters is 1. The number of carbonyl (C=O) groups excluding carboxylic acids is 1. The quantitative estimate of drug-likeness (QED) is 0.882. The van der Waals surface area contributed by atoms with Crippen molar-refractivity contribution in [3.05, 3.63) is 59.7 Å². The van der Waals surface area contributed by atoms with Crippen molar-refractivity contribution in [2.45, 2.75) is 25.8 Å². The van der Waals surface area contributed by atoms with Crippen LogP contribution in [0, 0.1) is 5.92 Å². The first-order valence-electron chi connectivity index (χ1n) is 7.77. The maximum absolute atomic E-state index is 12.1. The third-order valence-corrected chi connectivity index (χ3v) is 4.46. The van der Waals surface area contributed by atoms with Crippen molar-refractivity contribution in [1.82, 2.24) is 0 Å². The molecular weight excluding hydrogens is 274 g/mol. The lowest BCUT2D eigenvalue weighted by Crippen LogP contribution is -2.67. The minimum absolute atomic E-state index is 0.121. The van der Waals surface area contributed by atoms with Gasteiger partial charge in [0.2, 0.25) is 0 Å². The van der Waals surface area contributed by atoms with E-state index in [0.717, 1.165) is 0 Å². The fourth-order valence-electron chi connectivity index (χ4n) is 2.98. The highest BCUT2D eigenvalue weighted by Gasteiger charge is 2.30. The molecule has 3 heteroatoms. The fraction of sp³-hybridized carbons (Fsp3) is 0.316. The summed E-state index contributed by atoms with van der Waals surface area (Å²) in [6, 6.07) is 16.4. The molecule has 0 spiro atoms. The van der Waals surface area contributed by atoms with E-state index in [0.29, 0.717) is 6.61 Å². The molecule has 1 aliphatic carbocycles. The average molecular weight is 296 g/mol. The van der Waals surface area contributed by atoms with Gasteiger partial charge in [0.05, 0.1) is 0 Å². The molecule has 0 aliphatic heterocycles. The van der Waals surface area contributed by atoms with Crippen LogP contribution in [0.15, 0.2) is 48.5 Å². The predicted molar refractivity (Wildman–Crippen MR) is 86.2 cm³/mol. The zero-order valence-corrected chi connectivity index (χ0v) is 13.1. The number of hydrogen-bond donors (Lipinski definition) is 1. The van der Waals surface area contributed by atoms with E-state index in [1.54, 1.807) is 0 Å². The Bertz CT molecular complexity index is 648. The van der Waals surface area contributed by atoms with Gasteiger partial charge >= 0.3 is 5.97 Å². The van der Waals surface area contributed by atoms with Crippen molar-refractivity contribution in [3.63, 3.8) is 0 Å². The summed E-state index contributed by atoms with van der Waals surface area (Å²) < 4.78 is 5.56. The zero-order chi connectivity index (χ0) is 15.7. The lowest BCUT2D eigenvalue weighted by molar-refractivity contribution is -0.418. The Morgan fingerprint density at radius 2 is 1.55 bits per heavy atom. The average Bonchev–Trinajstić information content (AvgIpc) is 2.86. The van der Waals surface area contributed by atoms with Gasteiger partial charge in [0, 0.05) is 11.8 Å². The van der Waals surface area contributed by atoms with Gasteiger partial charge in [-0.25, -0.2) is 4.79 Å². The van der Waals surface area contributed by atoms with Crippen LogP contribution in [0.3, 0.4) is 0 Å². The van der Waals surface area contributed by atoms with E-state index in [-0.39, 0.29) is 23.8 Å². The highest BCUT2D eigenvalue weighted by atomic mass is 16.5. The number of benzene rings is 2. The Kier molecular flexibility index (Phi) is 3.99. The normalized spacial score (nSPS) is 14.5. The number of rotatable bonds is 4. The number of quaternary nitrogens is 1. The number of carbonyl (C=O) groups is 1. The molecule has 0 amide bonds. The van der Waals surface area contributed by atoms with E-state index in [2.05, 4.69) is 42.1 Å². The van der Waals surface area contributed by atoms with Gasteiger partial charge in [-0.05, 0) is 22.3 Å². The Labute approximate surface area is 131 Å². The number of fused-ring (bicyclic) bond motifs is 3. The SMILES string of the molecule is CC(C)C([NH3+])C(=O)OCC1c2ccccc2-c2ccccc21. The van der Waals surface area contributed by atoms with Crippen LogP contribution in [0.2, 0.25) is 0 Å². The van der Waals surface area contributed by atoms with Crippen molar-refractivity contribution in [1.29, 1.82) is 0 Å². The molecule has 2 aromatic rings. The van der Waals surface area contributed by atoms with Crippen LogP contribution >= 0.6 is 0 Å². The van der Waals surface area contributed by atoms with Gasteiger partial charge in [0.1, 0.15) is 6.61 Å². The molecule has 0 saturated carbocycles. The lowest BCUT2D eigenvalue weighted by Gasteiger charge is -2.16. The van der Waals surface area contributed by atoms with Crippen molar-refractivity contribution in [2.75, 3.05) is 6.61 Å². The monoisotopic (exact) mass is 296 g/mol. The summed E-state index contributed by atoms with van der Waals surface area (Å²) in [6.45, 7) is 4.35. The summed E-state index contributed by atoms with van der Waals surface area (Å²) in [6.07, 6.45) is 0. The molecule has 0 fully saturated rings. The van der Waals surface area contributed by atoms with E-state index in [9.17, 15) is 4.79 Å². The van der Waals surface area contributed by atoms with E-state index in [1.165, 1.54) is 22.3 Å². The highest BCUT2D eigenvalue weighted by Crippen LogP contribution is 2.44. The molecule has 0 heterocycles. The Hall–Kier alpha value is -2.13. The first kappa shape index (κ1) is 14.8. The second-order valence-corrected chi connectivity index (χ2v) is 6.21. The minimum Gasteiger partial charge on any atom is -0.460 e. The standard InChI is InChI=1S/C19H21NO2/c1-12(2)18(20)19(21)22-11-17-15-9-5-3-7-13(15)14-8-4-6-10-16(14)17/h3-10,12,17-18H,11,20H2,1-2H3/p+1. The van der Waals surface area contributed by atoms with Crippen LogP contribution in [0.5, 0.6) is 0 Å². The van der Waals surface area contributed by atoms with E-state index >= 15 is 0 Å². The highest BCUT2D eigenvalue weighted by molar-refractivity contribution is 5.79. The molecule has 0 bridgehead atoms. The molecule has 1 unspecified atom stereocenters. The summed E-state index contributed by atoms with van der Waals surface area (Å²) in [5.41, 5.74) is 8.86. The van der Waals surface area contributed by atoms with Crippen LogP contribution in [-0.4, -0.2) is 18.6 Å². The molecule has 1 aliphatic rings. The van der Waals surface area contributed by atoms with Gasteiger partial charge in [-0.1, -0.05) is 62.4 Å². The van der Waals surface area contributed by atoms with Gasteiger partial charge in [-0.3, -0.25) is 0 Å². The van der Waals surface area contributed by atoms with Crippen molar-refractivity contribution >= 4 is 5.97 Å². The van der Waals surface area contributed by atoms with E-state index < -0.39 is 0 Å². The minimum atomic E-state index is -0.313. The molecular formula is C19H22NO2+. The maximum atomic E-state index is 12.1. The zero-order valence-electron chi connectivity index (χ0n) is 13.1. The van der Waals surface area contributed by atoms with Gasteiger partial charge in [-0.2, -0.15) is 0 Å². The summed E-state index contributed by atoms with van der Waals surface area (Å²) in [5, 5.41) is 0. The van der Waals surface area contributed by atoms with Gasteiger partial charge in [-0.15, -0.1) is 0 Å². The molecule has 2 aromatic carbocycles. The molecule has 0 saturated heterocycles. The third kappa shape index (κ3) is 2.53. The van der Waals surface area contributed by atoms with Crippen LogP contribution < -0.4 is 5.73 Å². The number of ether oxygens (including phenoxy) is 1. The van der Waals surface area contributed by atoms with Crippen LogP contribution in [0.4, 0.5) is 0 Å². The maximum Gasteiger partial charge on any atom is 0.365 e. The molecule has 114 valence electrons. The van der Waals surface area contributed by atoms with Crippen LogP contribution in [0.25, 0.3) is 11.1 Å². The number of hydrogen-bond acceptors (Lipinski definition) is 2. The summed E-state index contributed by atoms with van der Waals surface area (Å²) >= 11 is 0. The second-order valence-electron chi connectivity index (χ2n) is 6.21. The summed E-state index contributed by atoms with van der Waals surface area (Å²) in [7, 11) is 0. The molecule has 3 nitrogen and oxygen atoms in total. The largest absolute Gasteiger partial charge is 0.460 e. The summed E-state index contributed by atoms with van der Waals surface area (Å²) in [4.78, 5) is 12.1. The topological polar surface area (TPSA) is 53.9 Å². The summed E-state index contributed by atoms with van der Waals surface area (Å²) in [5.74, 6) is 0.100. The Morgan fingerprint density at radius 1 is 1.05 bits per heavy atom. The van der Waals surface area contributed by atoms with Gasteiger partial charge in [0.15, 0.2) is 6.04 Å². The second kappa shape index (κ2) is 5.93. The smallest absolute Gasteiger partial charge is 0.365 e. The molecule has 0 aromatic heterocycles. The Balaban J connectivity index is 1.84. The van der Waals surface area contributed by atoms with Crippen molar-refractivity contribution in [2.24, 2.45) is 5.92 Å². The first-order chi connectivity index (χ1) is 10.6. The fourth-order valence-corrected chi connectivity index (χ4v) is 2.98. The van der Waals surface area contributed by atoms with E-state index in [4.69, 9.17) is 4.74 Å². The first-order valence-corrected chi connectivity index (χ1v) is 7.77. The van der Waals surface area contributed by atoms with Crippen LogP contribution in [-0.2, 0) is 9.53 Å². The predicted octanol–water partition coefficient (Wildman–Crippen LogP) is 2.61. The molecule has 3 rings (SSSR count). The van der Waals surface area contributed by atoms with Gasteiger partial charge < -0.3 is 10.5 Å². The third-order valence-electron chi connectivity index (χ3n) is 4.46.